The third-order valence-electron chi connectivity index (χ3n) is 8.99. The molecule has 4 N–H and O–H groups in total. The van der Waals surface area contributed by atoms with Gasteiger partial charge in [-0.2, -0.15) is 0 Å². The van der Waals surface area contributed by atoms with Crippen LogP contribution in [0.2, 0.25) is 0 Å². The summed E-state index contributed by atoms with van der Waals surface area (Å²) >= 11 is 0. The van der Waals surface area contributed by atoms with E-state index in [9.17, 15) is 28.8 Å². The maximum Gasteiger partial charge on any atom is 0.287 e. The number of nitrogens with one attached hydrogen (secondary N) is 4. The highest BCUT2D eigenvalue weighted by atomic mass is 16.2. The second-order valence-corrected chi connectivity index (χ2v) is 14.4. The number of imidazole rings is 1. The van der Waals surface area contributed by atoms with E-state index in [2.05, 4.69) is 53.9 Å². The van der Waals surface area contributed by atoms with Gasteiger partial charge >= 0.3 is 0 Å². The number of likely N-dealkylation sites (N-methyl/N-ethyl adjacent to an activating group) is 1. The molecule has 2 fully saturated rings. The number of carbonyl (C=O) groups is 5. The first kappa shape index (κ1) is 34.6. The van der Waals surface area contributed by atoms with Crippen LogP contribution in [0, 0.1) is 16.7 Å². The number of hydrogen-bond donors (Lipinski definition) is 4. The molecule has 4 rings (SSSR count). The zero-order chi connectivity index (χ0) is 33.9. The van der Waals surface area contributed by atoms with Gasteiger partial charge in [-0.25, -0.2) is 4.98 Å². The van der Waals surface area contributed by atoms with Crippen LogP contribution in [0.15, 0.2) is 35.6 Å². The van der Waals surface area contributed by atoms with Crippen molar-refractivity contribution in [1.29, 1.82) is 0 Å². The number of ketones is 1. The van der Waals surface area contributed by atoms with Crippen molar-refractivity contribution in [3.8, 4) is 0 Å². The molecule has 2 aliphatic carbocycles. The zero-order valence-corrected chi connectivity index (χ0v) is 27.7. The summed E-state index contributed by atoms with van der Waals surface area (Å²) in [5, 5.41) is 10.9. The number of amides is 4. The summed E-state index contributed by atoms with van der Waals surface area (Å²) in [4.78, 5) is 81.3. The number of nitrogens with zero attached hydrogens (tertiary/aromatic N) is 3. The lowest BCUT2D eigenvalue weighted by Crippen LogP contribution is -2.61. The van der Waals surface area contributed by atoms with Crippen molar-refractivity contribution in [2.24, 2.45) is 23.8 Å². The lowest BCUT2D eigenvalue weighted by molar-refractivity contribution is -0.138. The number of carbonyl (C=O) groups excluding carboxylic acids is 5. The fraction of sp³-hybridized carbons (Fsp3) is 0.606. The lowest BCUT2D eigenvalue weighted by Gasteiger charge is -2.58. The highest BCUT2D eigenvalue weighted by molar-refractivity contribution is 6.36. The normalized spacial score (nSPS) is 23.9. The first-order chi connectivity index (χ1) is 21.5. The van der Waals surface area contributed by atoms with Gasteiger partial charge in [0.25, 0.3) is 17.4 Å². The number of aryl methyl sites for hydroxylation is 1. The van der Waals surface area contributed by atoms with Gasteiger partial charge in [0, 0.05) is 31.7 Å². The fourth-order valence-electron chi connectivity index (χ4n) is 8.28. The van der Waals surface area contributed by atoms with Crippen LogP contribution >= 0.6 is 0 Å². The quantitative estimate of drug-likeness (QED) is 0.259. The first-order valence-corrected chi connectivity index (χ1v) is 15.9. The fourth-order valence-corrected chi connectivity index (χ4v) is 8.28. The average molecular weight is 638 g/mol. The number of Topliss-reactive ketones (excluding diaryl/α,β-unsaturated/α-hetero) is 1. The standard InChI is InChI=1S/C33H47N7O6/c1-7-35-29(45)25(41)11-10-22(36-28(44)24-15-34-20-39(24)6)27(43)37-23-9-8-12-40(30(23)46)16-26(42)38-33-14-21(2)13-32(5,19-33)17-31(3,4)18-33/h8-9,12,15,20-22H,7,10-11,13-14,16-19H2,1-6H3,(H,35,45)(H,36,44)(H,37,43)(H,38,42)/t21?,22-,32?,33?/m0/s1. The molecule has 0 aliphatic heterocycles. The van der Waals surface area contributed by atoms with E-state index in [0.717, 1.165) is 32.1 Å². The van der Waals surface area contributed by atoms with Gasteiger partial charge in [0.2, 0.25) is 17.6 Å². The third-order valence-corrected chi connectivity index (χ3v) is 8.99. The highest BCUT2D eigenvalue weighted by Crippen LogP contribution is 2.58. The Bertz CT molecular complexity index is 1560. The minimum absolute atomic E-state index is 0.0779. The monoisotopic (exact) mass is 637 g/mol. The Morgan fingerprint density at radius 3 is 2.50 bits per heavy atom. The molecule has 4 amide bonds. The molecule has 2 heterocycles. The molecule has 2 aliphatic rings. The lowest BCUT2D eigenvalue weighted by atomic mass is 9.50. The number of anilines is 1. The molecular formula is C33H47N7O6. The van der Waals surface area contributed by atoms with Crippen LogP contribution in [-0.2, 0) is 32.8 Å². The van der Waals surface area contributed by atoms with E-state index in [1.807, 2.05) is 0 Å². The van der Waals surface area contributed by atoms with Crippen molar-refractivity contribution in [3.63, 3.8) is 0 Å². The molecule has 3 unspecified atom stereocenters. The molecule has 2 aromatic heterocycles. The summed E-state index contributed by atoms with van der Waals surface area (Å²) in [6, 6.07) is 1.70. The second-order valence-electron chi connectivity index (χ2n) is 14.4. The molecular weight excluding hydrogens is 590 g/mol. The van der Waals surface area contributed by atoms with Crippen molar-refractivity contribution in [2.45, 2.75) is 97.7 Å². The Morgan fingerprint density at radius 1 is 1.09 bits per heavy atom. The molecule has 0 radical (unpaired) electrons. The Morgan fingerprint density at radius 2 is 1.83 bits per heavy atom. The molecule has 0 saturated heterocycles. The average Bonchev–Trinajstić information content (AvgIpc) is 3.36. The van der Waals surface area contributed by atoms with Crippen LogP contribution < -0.4 is 26.8 Å². The molecule has 13 nitrogen and oxygen atoms in total. The van der Waals surface area contributed by atoms with Crippen LogP contribution in [0.5, 0.6) is 0 Å². The maximum absolute atomic E-state index is 13.4. The van der Waals surface area contributed by atoms with Crippen LogP contribution in [-0.4, -0.2) is 61.7 Å². The van der Waals surface area contributed by atoms with E-state index in [4.69, 9.17) is 0 Å². The Balaban J connectivity index is 1.48. The Kier molecular flexibility index (Phi) is 10.2. The van der Waals surface area contributed by atoms with Crippen molar-refractivity contribution < 1.29 is 24.0 Å². The molecule has 13 heteroatoms. The summed E-state index contributed by atoms with van der Waals surface area (Å²) < 4.78 is 2.70. The van der Waals surface area contributed by atoms with Gasteiger partial charge in [-0.15, -0.1) is 0 Å². The van der Waals surface area contributed by atoms with Gasteiger partial charge in [0.1, 0.15) is 24.0 Å². The number of fused-ring (bicyclic) bond motifs is 2. The van der Waals surface area contributed by atoms with E-state index in [0.29, 0.717) is 5.92 Å². The number of rotatable bonds is 12. The molecule has 2 aromatic rings. The van der Waals surface area contributed by atoms with Crippen LogP contribution in [0.4, 0.5) is 5.69 Å². The second kappa shape index (κ2) is 13.6. The van der Waals surface area contributed by atoms with Gasteiger partial charge in [-0.3, -0.25) is 28.8 Å². The molecule has 4 atom stereocenters. The largest absolute Gasteiger partial charge is 0.350 e. The summed E-state index contributed by atoms with van der Waals surface area (Å²) in [6.45, 7) is 10.8. The molecule has 0 spiro atoms. The van der Waals surface area contributed by atoms with E-state index in [1.54, 1.807) is 20.0 Å². The van der Waals surface area contributed by atoms with Crippen molar-refractivity contribution in [3.05, 3.63) is 46.9 Å². The maximum atomic E-state index is 13.4. The van der Waals surface area contributed by atoms with Gasteiger partial charge in [-0.05, 0) is 74.3 Å². The summed E-state index contributed by atoms with van der Waals surface area (Å²) in [5.74, 6) is -2.70. The molecule has 46 heavy (non-hydrogen) atoms. The zero-order valence-electron chi connectivity index (χ0n) is 27.7. The van der Waals surface area contributed by atoms with E-state index >= 15 is 0 Å². The summed E-state index contributed by atoms with van der Waals surface area (Å²) in [6.07, 6.45) is 8.61. The predicted octanol–water partition coefficient (Wildman–Crippen LogP) is 2.31. The first-order valence-electron chi connectivity index (χ1n) is 15.9. The van der Waals surface area contributed by atoms with Crippen molar-refractivity contribution in [2.75, 3.05) is 11.9 Å². The van der Waals surface area contributed by atoms with E-state index in [-0.39, 0.29) is 59.6 Å². The number of hydrogen-bond acceptors (Lipinski definition) is 7. The Hall–Kier alpha value is -4.29. The SMILES string of the molecule is CCNC(=O)C(=O)CC[C@H](NC(=O)c1cncn1C)C(=O)Nc1cccn(CC(=O)NC23CC(C)CC(C)(CC(C)(C)C2)C3)c1=O. The predicted molar refractivity (Wildman–Crippen MR) is 172 cm³/mol. The minimum atomic E-state index is -1.26. The van der Waals surface area contributed by atoms with Crippen LogP contribution in [0.3, 0.4) is 0 Å². The molecule has 2 bridgehead atoms. The van der Waals surface area contributed by atoms with Crippen molar-refractivity contribution in [1.82, 2.24) is 30.1 Å². The topological polar surface area (TPSA) is 173 Å². The number of aromatic nitrogens is 3. The van der Waals surface area contributed by atoms with Gasteiger partial charge in [-0.1, -0.05) is 27.7 Å². The minimum Gasteiger partial charge on any atom is -0.350 e. The Labute approximate surface area is 269 Å². The molecule has 250 valence electrons. The van der Waals surface area contributed by atoms with Crippen molar-refractivity contribution >= 4 is 35.1 Å². The van der Waals surface area contributed by atoms with E-state index < -0.39 is 35.1 Å². The van der Waals surface area contributed by atoms with Gasteiger partial charge in [0.05, 0.1) is 12.5 Å². The van der Waals surface area contributed by atoms with Gasteiger partial charge in [0.15, 0.2) is 0 Å². The summed E-state index contributed by atoms with van der Waals surface area (Å²) in [7, 11) is 1.61. The smallest absolute Gasteiger partial charge is 0.287 e. The third kappa shape index (κ3) is 8.29. The molecule has 2 saturated carbocycles. The summed E-state index contributed by atoms with van der Waals surface area (Å²) in [5.41, 5.74) is -0.634. The van der Waals surface area contributed by atoms with E-state index in [1.165, 1.54) is 33.9 Å². The number of pyridine rings is 1. The van der Waals surface area contributed by atoms with Crippen LogP contribution in [0.1, 0.15) is 90.1 Å². The highest BCUT2D eigenvalue weighted by Gasteiger charge is 2.53. The van der Waals surface area contributed by atoms with Crippen LogP contribution in [0.25, 0.3) is 0 Å². The van der Waals surface area contributed by atoms with Gasteiger partial charge < -0.3 is 30.4 Å². The molecule has 0 aromatic carbocycles.